The summed E-state index contributed by atoms with van der Waals surface area (Å²) >= 11 is 0. The molecule has 2 aromatic carbocycles. The average Bonchev–Trinajstić information content (AvgIpc) is 2.58. The van der Waals surface area contributed by atoms with Gasteiger partial charge in [0.2, 0.25) is 0 Å². The third kappa shape index (κ3) is 3.07. The topological polar surface area (TPSA) is 71.8 Å². The summed E-state index contributed by atoms with van der Waals surface area (Å²) in [5.74, 6) is 0. The molecule has 1 atom stereocenters. The van der Waals surface area contributed by atoms with E-state index < -0.39 is 6.04 Å². The summed E-state index contributed by atoms with van der Waals surface area (Å²) in [6.07, 6.45) is 0. The molecule has 0 radical (unpaired) electrons. The van der Waals surface area contributed by atoms with Crippen LogP contribution in [0.25, 0.3) is 11.3 Å². The Morgan fingerprint density at radius 3 is 2.43 bits per heavy atom. The second-order valence-corrected chi connectivity index (χ2v) is 5.73. The number of aryl methyl sites for hydroxylation is 2. The number of H-pyrrole nitrogens is 1. The van der Waals surface area contributed by atoms with Gasteiger partial charge in [0.15, 0.2) is 0 Å². The molecule has 3 aromatic rings. The summed E-state index contributed by atoms with van der Waals surface area (Å²) in [5, 5.41) is 6.68. The van der Waals surface area contributed by atoms with Gasteiger partial charge in [-0.15, -0.1) is 0 Å². The Bertz CT molecular complexity index is 885. The van der Waals surface area contributed by atoms with E-state index in [1.54, 1.807) is 6.07 Å². The molecule has 3 N–H and O–H groups in total. The van der Waals surface area contributed by atoms with Gasteiger partial charge in [-0.25, -0.2) is 5.10 Å². The molecule has 1 unspecified atom stereocenters. The summed E-state index contributed by atoms with van der Waals surface area (Å²) < 4.78 is 0. The maximum atomic E-state index is 12.2. The Labute approximate surface area is 135 Å². The molecule has 0 amide bonds. The minimum atomic E-state index is -0.483. The predicted octanol–water partition coefficient (Wildman–Crippen LogP) is 3.10. The Balaban J connectivity index is 2.05. The molecule has 0 saturated carbocycles. The molecule has 3 rings (SSSR count). The molecule has 0 fully saturated rings. The second kappa shape index (κ2) is 6.18. The number of hydrogen-bond acceptors (Lipinski definition) is 3. The van der Waals surface area contributed by atoms with Gasteiger partial charge in [0, 0.05) is 11.1 Å². The highest BCUT2D eigenvalue weighted by Gasteiger charge is 2.15. The molecule has 0 aliphatic heterocycles. The van der Waals surface area contributed by atoms with Crippen LogP contribution in [0.15, 0.2) is 59.4 Å². The molecule has 23 heavy (non-hydrogen) atoms. The smallest absolute Gasteiger partial charge is 0.269 e. The van der Waals surface area contributed by atoms with Gasteiger partial charge in [-0.05, 0) is 36.6 Å². The predicted molar refractivity (Wildman–Crippen MR) is 92.2 cm³/mol. The van der Waals surface area contributed by atoms with Crippen LogP contribution in [0.5, 0.6) is 0 Å². The fraction of sp³-hybridized carbons (Fsp3) is 0.158. The van der Waals surface area contributed by atoms with Crippen molar-refractivity contribution in [2.45, 2.75) is 19.9 Å². The zero-order chi connectivity index (χ0) is 16.4. The third-order valence-electron chi connectivity index (χ3n) is 4.13. The van der Waals surface area contributed by atoms with Crippen molar-refractivity contribution in [3.8, 4) is 11.3 Å². The van der Waals surface area contributed by atoms with E-state index in [2.05, 4.69) is 17.1 Å². The number of hydrogen-bond donors (Lipinski definition) is 2. The molecule has 0 saturated heterocycles. The molecule has 0 aliphatic rings. The van der Waals surface area contributed by atoms with Gasteiger partial charge < -0.3 is 5.73 Å². The first kappa shape index (κ1) is 15.2. The van der Waals surface area contributed by atoms with E-state index in [1.165, 1.54) is 5.56 Å². The van der Waals surface area contributed by atoms with Crippen LogP contribution in [-0.4, -0.2) is 10.2 Å². The van der Waals surface area contributed by atoms with Gasteiger partial charge in [0.25, 0.3) is 5.56 Å². The van der Waals surface area contributed by atoms with E-state index in [4.69, 9.17) is 5.73 Å². The number of nitrogens with two attached hydrogens (primary N) is 1. The number of benzene rings is 2. The van der Waals surface area contributed by atoms with Crippen LogP contribution in [0.3, 0.4) is 0 Å². The van der Waals surface area contributed by atoms with Crippen molar-refractivity contribution in [2.75, 3.05) is 0 Å². The van der Waals surface area contributed by atoms with Crippen molar-refractivity contribution in [1.29, 1.82) is 0 Å². The summed E-state index contributed by atoms with van der Waals surface area (Å²) in [4.78, 5) is 12.2. The Hall–Kier alpha value is -2.72. The number of rotatable bonds is 3. The van der Waals surface area contributed by atoms with Crippen LogP contribution >= 0.6 is 0 Å². The Morgan fingerprint density at radius 2 is 1.74 bits per heavy atom. The molecule has 1 heterocycles. The fourth-order valence-electron chi connectivity index (χ4n) is 2.55. The molecular weight excluding hydrogens is 286 g/mol. The lowest BCUT2D eigenvalue weighted by molar-refractivity contribution is 0.826. The quantitative estimate of drug-likeness (QED) is 0.781. The molecule has 0 aliphatic carbocycles. The van der Waals surface area contributed by atoms with Gasteiger partial charge in [-0.2, -0.15) is 5.10 Å². The number of nitrogens with one attached hydrogen (secondary N) is 1. The monoisotopic (exact) mass is 305 g/mol. The highest BCUT2D eigenvalue weighted by atomic mass is 16.1. The second-order valence-electron chi connectivity index (χ2n) is 5.73. The summed E-state index contributed by atoms with van der Waals surface area (Å²) in [6, 6.07) is 17.0. The number of aromatic nitrogens is 2. The van der Waals surface area contributed by atoms with E-state index in [0.29, 0.717) is 11.3 Å². The van der Waals surface area contributed by atoms with Crippen molar-refractivity contribution in [1.82, 2.24) is 10.2 Å². The first-order valence-corrected chi connectivity index (χ1v) is 7.54. The minimum absolute atomic E-state index is 0.254. The van der Waals surface area contributed by atoms with E-state index in [-0.39, 0.29) is 5.56 Å². The van der Waals surface area contributed by atoms with E-state index in [9.17, 15) is 4.79 Å². The molecule has 0 bridgehead atoms. The zero-order valence-electron chi connectivity index (χ0n) is 13.2. The highest BCUT2D eigenvalue weighted by molar-refractivity contribution is 5.59. The van der Waals surface area contributed by atoms with E-state index in [1.807, 2.05) is 55.5 Å². The zero-order valence-corrected chi connectivity index (χ0v) is 13.2. The van der Waals surface area contributed by atoms with Crippen molar-refractivity contribution < 1.29 is 0 Å². The van der Waals surface area contributed by atoms with E-state index >= 15 is 0 Å². The normalized spacial score (nSPS) is 12.1. The van der Waals surface area contributed by atoms with Crippen molar-refractivity contribution in [2.24, 2.45) is 5.73 Å². The fourth-order valence-corrected chi connectivity index (χ4v) is 2.55. The Morgan fingerprint density at radius 1 is 1.00 bits per heavy atom. The summed E-state index contributed by atoms with van der Waals surface area (Å²) in [6.45, 7) is 4.09. The molecular formula is C19H19N3O. The highest BCUT2D eigenvalue weighted by Crippen LogP contribution is 2.22. The van der Waals surface area contributed by atoms with Crippen LogP contribution in [0, 0.1) is 13.8 Å². The largest absolute Gasteiger partial charge is 0.320 e. The maximum absolute atomic E-state index is 12.2. The maximum Gasteiger partial charge on any atom is 0.269 e. The van der Waals surface area contributed by atoms with E-state index in [0.717, 1.165) is 16.7 Å². The lowest BCUT2D eigenvalue weighted by Gasteiger charge is -2.14. The number of aromatic amines is 1. The first-order valence-electron chi connectivity index (χ1n) is 7.54. The third-order valence-corrected chi connectivity index (χ3v) is 4.13. The van der Waals surface area contributed by atoms with Crippen molar-refractivity contribution in [3.63, 3.8) is 0 Å². The van der Waals surface area contributed by atoms with Gasteiger partial charge in [0.05, 0.1) is 11.7 Å². The van der Waals surface area contributed by atoms with Crippen LogP contribution in [0.1, 0.15) is 28.3 Å². The number of nitrogens with zero attached hydrogens (tertiary/aromatic N) is 1. The lowest BCUT2D eigenvalue weighted by atomic mass is 9.96. The van der Waals surface area contributed by atoms with Crippen molar-refractivity contribution >= 4 is 0 Å². The Kier molecular flexibility index (Phi) is 4.08. The average molecular weight is 305 g/mol. The van der Waals surface area contributed by atoms with Gasteiger partial charge in [-0.1, -0.05) is 48.5 Å². The van der Waals surface area contributed by atoms with Crippen molar-refractivity contribution in [3.05, 3.63) is 87.2 Å². The van der Waals surface area contributed by atoms with Gasteiger partial charge in [0.1, 0.15) is 0 Å². The standard InChI is InChI=1S/C19H19N3O/c1-12-8-9-15(10-13(12)2)18(20)16-11-17(21-22-19(16)23)14-6-4-3-5-7-14/h3-11,18H,20H2,1-2H3,(H,22,23). The van der Waals surface area contributed by atoms with Gasteiger partial charge in [-0.3, -0.25) is 4.79 Å². The SMILES string of the molecule is Cc1ccc(C(N)c2cc(-c3ccccc3)n[nH]c2=O)cc1C. The lowest BCUT2D eigenvalue weighted by Crippen LogP contribution is -2.23. The van der Waals surface area contributed by atoms with Crippen LogP contribution in [0.2, 0.25) is 0 Å². The molecule has 1 aromatic heterocycles. The first-order chi connectivity index (χ1) is 11.1. The summed E-state index contributed by atoms with van der Waals surface area (Å²) in [7, 11) is 0. The van der Waals surface area contributed by atoms with Gasteiger partial charge >= 0.3 is 0 Å². The molecule has 4 heteroatoms. The van der Waals surface area contributed by atoms with Crippen LogP contribution < -0.4 is 11.3 Å². The summed E-state index contributed by atoms with van der Waals surface area (Å²) in [5.41, 5.74) is 11.5. The minimum Gasteiger partial charge on any atom is -0.320 e. The molecule has 0 spiro atoms. The molecule has 116 valence electrons. The molecule has 4 nitrogen and oxygen atoms in total. The van der Waals surface area contributed by atoms with Crippen LogP contribution in [0.4, 0.5) is 0 Å². The van der Waals surface area contributed by atoms with Crippen LogP contribution in [-0.2, 0) is 0 Å².